The van der Waals surface area contributed by atoms with Gasteiger partial charge in [0.1, 0.15) is 5.75 Å². The third-order valence-electron chi connectivity index (χ3n) is 4.70. The first-order valence-electron chi connectivity index (χ1n) is 8.71. The number of benzene rings is 1. The lowest BCUT2D eigenvalue weighted by Crippen LogP contribution is -2.39. The number of hydrogen-bond donors (Lipinski definition) is 1. The number of pyridine rings is 1. The van der Waals surface area contributed by atoms with Crippen molar-refractivity contribution >= 4 is 5.84 Å². The van der Waals surface area contributed by atoms with Crippen molar-refractivity contribution in [2.75, 3.05) is 0 Å². The van der Waals surface area contributed by atoms with Crippen LogP contribution >= 0.6 is 0 Å². The first kappa shape index (κ1) is 17.3. The van der Waals surface area contributed by atoms with E-state index in [1.54, 1.807) is 6.20 Å². The van der Waals surface area contributed by atoms with Gasteiger partial charge in [0.15, 0.2) is 5.84 Å². The fourth-order valence-corrected chi connectivity index (χ4v) is 3.56. The van der Waals surface area contributed by atoms with Crippen molar-refractivity contribution < 1.29 is 9.94 Å². The summed E-state index contributed by atoms with van der Waals surface area (Å²) >= 11 is 0. The zero-order chi connectivity index (χ0) is 18.0. The molecular formula is C20H25N3O2. The van der Waals surface area contributed by atoms with Crippen molar-refractivity contribution in [3.63, 3.8) is 0 Å². The summed E-state index contributed by atoms with van der Waals surface area (Å²) in [4.78, 5) is 6.54. The molecule has 2 unspecified atom stereocenters. The monoisotopic (exact) mass is 339 g/mol. The highest BCUT2D eigenvalue weighted by atomic mass is 16.5. The van der Waals surface area contributed by atoms with Gasteiger partial charge >= 0.3 is 0 Å². The van der Waals surface area contributed by atoms with Gasteiger partial charge in [-0.15, -0.1) is 0 Å². The largest absolute Gasteiger partial charge is 0.439 e. The molecule has 0 amide bonds. The highest BCUT2D eigenvalue weighted by Crippen LogP contribution is 2.27. The average molecular weight is 339 g/mol. The summed E-state index contributed by atoms with van der Waals surface area (Å²) in [6.07, 6.45) is 3.90. The van der Waals surface area contributed by atoms with Crippen LogP contribution in [0.5, 0.6) is 11.6 Å². The molecule has 1 saturated heterocycles. The summed E-state index contributed by atoms with van der Waals surface area (Å²) < 4.78 is 5.85. The van der Waals surface area contributed by atoms with E-state index >= 15 is 0 Å². The Hall–Kier alpha value is -2.56. The molecule has 1 aromatic carbocycles. The maximum Gasteiger partial charge on any atom is 0.219 e. The molecule has 1 N–H and O–H groups in total. The van der Waals surface area contributed by atoms with Crippen molar-refractivity contribution in [1.29, 1.82) is 0 Å². The van der Waals surface area contributed by atoms with Gasteiger partial charge < -0.3 is 14.8 Å². The van der Waals surface area contributed by atoms with Crippen molar-refractivity contribution in [1.82, 2.24) is 9.88 Å². The van der Waals surface area contributed by atoms with E-state index in [4.69, 9.17) is 4.74 Å². The summed E-state index contributed by atoms with van der Waals surface area (Å²) in [7, 11) is 0. The molecule has 0 spiro atoms. The summed E-state index contributed by atoms with van der Waals surface area (Å²) in [6, 6.07) is 10.5. The highest BCUT2D eigenvalue weighted by Gasteiger charge is 2.31. The maximum absolute atomic E-state index is 9.53. The van der Waals surface area contributed by atoms with E-state index in [9.17, 15) is 5.21 Å². The van der Waals surface area contributed by atoms with E-state index in [1.807, 2.05) is 38.1 Å². The predicted molar refractivity (Wildman–Crippen MR) is 98.5 cm³/mol. The lowest BCUT2D eigenvalue weighted by Gasteiger charge is -2.28. The number of likely N-dealkylation sites (tertiary alicyclic amines) is 1. The van der Waals surface area contributed by atoms with Crippen molar-refractivity contribution in [3.8, 4) is 11.6 Å². The molecule has 132 valence electrons. The molecule has 2 heterocycles. The fourth-order valence-electron chi connectivity index (χ4n) is 3.56. The van der Waals surface area contributed by atoms with E-state index in [1.165, 1.54) is 0 Å². The second-order valence-corrected chi connectivity index (χ2v) is 6.92. The van der Waals surface area contributed by atoms with Crippen LogP contribution in [0, 0.1) is 13.8 Å². The minimum atomic E-state index is 0.354. The van der Waals surface area contributed by atoms with Gasteiger partial charge in [0.05, 0.1) is 0 Å². The zero-order valence-electron chi connectivity index (χ0n) is 15.2. The van der Waals surface area contributed by atoms with Crippen LogP contribution in [0.3, 0.4) is 0 Å². The van der Waals surface area contributed by atoms with Crippen LogP contribution < -0.4 is 4.74 Å². The topological polar surface area (TPSA) is 58.0 Å². The summed E-state index contributed by atoms with van der Waals surface area (Å²) in [6.45, 7) is 8.39. The molecule has 25 heavy (non-hydrogen) atoms. The van der Waals surface area contributed by atoms with Crippen LogP contribution in [-0.4, -0.2) is 33.0 Å². The minimum Gasteiger partial charge on any atom is -0.439 e. The molecule has 1 aliphatic rings. The van der Waals surface area contributed by atoms with Crippen LogP contribution in [0.1, 0.15) is 43.4 Å². The smallest absolute Gasteiger partial charge is 0.219 e. The maximum atomic E-state index is 9.53. The lowest BCUT2D eigenvalue weighted by molar-refractivity contribution is 0.283. The van der Waals surface area contributed by atoms with Crippen LogP contribution in [-0.2, 0) is 0 Å². The van der Waals surface area contributed by atoms with E-state index in [-0.39, 0.29) is 0 Å². The molecular weight excluding hydrogens is 314 g/mol. The molecule has 0 bridgehead atoms. The quantitative estimate of drug-likeness (QED) is 0.387. The summed E-state index contributed by atoms with van der Waals surface area (Å²) in [5, 5.41) is 13.1. The molecule has 0 aliphatic carbocycles. The number of nitrogens with zero attached hydrogens (tertiary/aromatic N) is 3. The van der Waals surface area contributed by atoms with Gasteiger partial charge in [-0.05, 0) is 69.9 Å². The van der Waals surface area contributed by atoms with Gasteiger partial charge in [-0.25, -0.2) is 4.98 Å². The Labute approximate surface area is 149 Å². The Morgan fingerprint density at radius 2 is 1.76 bits per heavy atom. The number of amidine groups is 1. The van der Waals surface area contributed by atoms with E-state index in [0.29, 0.717) is 23.8 Å². The molecule has 5 heteroatoms. The van der Waals surface area contributed by atoms with Crippen LogP contribution in [0.15, 0.2) is 41.7 Å². The Morgan fingerprint density at radius 1 is 1.12 bits per heavy atom. The first-order valence-corrected chi connectivity index (χ1v) is 8.71. The molecule has 1 aliphatic heterocycles. The number of oxime groups is 1. The van der Waals surface area contributed by atoms with Gasteiger partial charge in [0, 0.05) is 29.9 Å². The molecule has 1 fully saturated rings. The van der Waals surface area contributed by atoms with Crippen molar-refractivity contribution in [2.24, 2.45) is 5.16 Å². The zero-order valence-corrected chi connectivity index (χ0v) is 15.2. The average Bonchev–Trinajstić information content (AvgIpc) is 2.89. The van der Waals surface area contributed by atoms with E-state index in [2.05, 4.69) is 35.0 Å². The second kappa shape index (κ2) is 7.13. The molecule has 2 aromatic rings. The second-order valence-electron chi connectivity index (χ2n) is 6.92. The van der Waals surface area contributed by atoms with Gasteiger partial charge in [-0.2, -0.15) is 0 Å². The van der Waals surface area contributed by atoms with Crippen LogP contribution in [0.2, 0.25) is 0 Å². The van der Waals surface area contributed by atoms with Gasteiger partial charge in [-0.3, -0.25) is 0 Å². The SMILES string of the molecule is Cc1cc(C)cc(Oc2ccc(/C(=N/O)N3C(C)CCC3C)cn2)c1. The Balaban J connectivity index is 1.79. The van der Waals surface area contributed by atoms with Crippen molar-refractivity contribution in [2.45, 2.75) is 52.6 Å². The third-order valence-corrected chi connectivity index (χ3v) is 4.70. The van der Waals surface area contributed by atoms with E-state index in [0.717, 1.165) is 35.3 Å². The number of aromatic nitrogens is 1. The van der Waals surface area contributed by atoms with Crippen molar-refractivity contribution in [3.05, 3.63) is 53.2 Å². The molecule has 2 atom stereocenters. The fraction of sp³-hybridized carbons (Fsp3) is 0.400. The first-order chi connectivity index (χ1) is 12.0. The van der Waals surface area contributed by atoms with Crippen LogP contribution in [0.25, 0.3) is 0 Å². The standard InChI is InChI=1S/C20H25N3O2/c1-13-9-14(2)11-18(10-13)25-19-8-7-17(12-21-19)20(22-24)23-15(3)5-6-16(23)4/h7-12,15-16,24H,5-6H2,1-4H3/b22-20-. The lowest BCUT2D eigenvalue weighted by atomic mass is 10.1. The number of aryl methyl sites for hydroxylation is 2. The Morgan fingerprint density at radius 3 is 2.28 bits per heavy atom. The molecule has 0 saturated carbocycles. The normalized spacial score (nSPS) is 20.8. The number of hydrogen-bond acceptors (Lipinski definition) is 4. The van der Waals surface area contributed by atoms with Gasteiger partial charge in [0.2, 0.25) is 5.88 Å². The third kappa shape index (κ3) is 3.76. The molecule has 3 rings (SSSR count). The highest BCUT2D eigenvalue weighted by molar-refractivity contribution is 5.98. The molecule has 1 aromatic heterocycles. The number of rotatable bonds is 3. The molecule has 0 radical (unpaired) electrons. The minimum absolute atomic E-state index is 0.354. The van der Waals surface area contributed by atoms with Gasteiger partial charge in [-0.1, -0.05) is 11.2 Å². The predicted octanol–water partition coefficient (Wildman–Crippen LogP) is 4.50. The molecule has 5 nitrogen and oxygen atoms in total. The Kier molecular flexibility index (Phi) is 4.93. The summed E-state index contributed by atoms with van der Waals surface area (Å²) in [5.74, 6) is 1.87. The van der Waals surface area contributed by atoms with Crippen LogP contribution in [0.4, 0.5) is 0 Å². The van der Waals surface area contributed by atoms with Gasteiger partial charge in [0.25, 0.3) is 0 Å². The number of ether oxygens (including phenoxy) is 1. The van der Waals surface area contributed by atoms with E-state index < -0.39 is 0 Å². The Bertz CT molecular complexity index is 741. The summed E-state index contributed by atoms with van der Waals surface area (Å²) in [5.41, 5.74) is 3.09.